The Morgan fingerprint density at radius 3 is 2.72 bits per heavy atom. The summed E-state index contributed by atoms with van der Waals surface area (Å²) in [4.78, 5) is 14.9. The Balaban J connectivity index is 1.72. The Morgan fingerprint density at radius 2 is 2.12 bits per heavy atom. The highest BCUT2D eigenvalue weighted by Crippen LogP contribution is 2.34. The van der Waals surface area contributed by atoms with Crippen LogP contribution in [-0.2, 0) is 11.8 Å². The molecule has 0 radical (unpaired) electrons. The summed E-state index contributed by atoms with van der Waals surface area (Å²) >= 11 is 0. The van der Waals surface area contributed by atoms with E-state index in [9.17, 15) is 4.79 Å². The normalized spacial score (nSPS) is 21.5. The first-order valence-electron chi connectivity index (χ1n) is 8.95. The number of nitrogens with one attached hydrogen (secondary N) is 1. The van der Waals surface area contributed by atoms with Crippen LogP contribution in [0.3, 0.4) is 0 Å². The van der Waals surface area contributed by atoms with Gasteiger partial charge in [-0.1, -0.05) is 6.92 Å². The molecular formula is C19H28N4O2. The van der Waals surface area contributed by atoms with Gasteiger partial charge in [0.1, 0.15) is 11.5 Å². The standard InChI is InChI=1S/C19H28N4O2/c1-12-8-9-23(16(10-12)17-7-6-13(2)25-17)11-18(24)20-19-14(3)21-22(5)15(19)4/h6-7,12,16H,8-11H2,1-5H3,(H,20,24)/t12-,16-/m1/s1. The van der Waals surface area contributed by atoms with Crippen LogP contribution in [0.4, 0.5) is 5.69 Å². The van der Waals surface area contributed by atoms with Crippen molar-refractivity contribution in [2.45, 2.75) is 46.6 Å². The summed E-state index contributed by atoms with van der Waals surface area (Å²) in [5.41, 5.74) is 2.64. The molecule has 0 spiro atoms. The van der Waals surface area contributed by atoms with Crippen molar-refractivity contribution in [3.8, 4) is 0 Å². The summed E-state index contributed by atoms with van der Waals surface area (Å²) in [6, 6.07) is 4.20. The highest BCUT2D eigenvalue weighted by atomic mass is 16.3. The summed E-state index contributed by atoms with van der Waals surface area (Å²) in [6.45, 7) is 9.38. The lowest BCUT2D eigenvalue weighted by Gasteiger charge is -2.36. The molecule has 6 nitrogen and oxygen atoms in total. The molecule has 6 heteroatoms. The summed E-state index contributed by atoms with van der Waals surface area (Å²) in [7, 11) is 1.89. The number of carbonyl (C=O) groups is 1. The molecular weight excluding hydrogens is 316 g/mol. The first kappa shape index (κ1) is 17.7. The van der Waals surface area contributed by atoms with Crippen molar-refractivity contribution in [3.05, 3.63) is 35.0 Å². The fourth-order valence-corrected chi connectivity index (χ4v) is 3.63. The Labute approximate surface area is 149 Å². The van der Waals surface area contributed by atoms with Crippen molar-refractivity contribution < 1.29 is 9.21 Å². The fraction of sp³-hybridized carbons (Fsp3) is 0.579. The van der Waals surface area contributed by atoms with Crippen LogP contribution in [0.1, 0.15) is 48.7 Å². The van der Waals surface area contributed by atoms with Crippen LogP contribution in [0.25, 0.3) is 0 Å². The molecule has 2 aromatic heterocycles. The number of anilines is 1. The van der Waals surface area contributed by atoms with Gasteiger partial charge in [0.2, 0.25) is 5.91 Å². The number of nitrogens with zero attached hydrogens (tertiary/aromatic N) is 3. The third-order valence-corrected chi connectivity index (χ3v) is 5.19. The molecule has 0 aromatic carbocycles. The quantitative estimate of drug-likeness (QED) is 0.924. The van der Waals surface area contributed by atoms with Gasteiger partial charge in [-0.2, -0.15) is 5.10 Å². The summed E-state index contributed by atoms with van der Waals surface area (Å²) < 4.78 is 7.65. The van der Waals surface area contributed by atoms with Crippen LogP contribution >= 0.6 is 0 Å². The molecule has 1 N–H and O–H groups in total. The molecule has 0 bridgehead atoms. The average Bonchev–Trinajstić information content (AvgIpc) is 3.08. The zero-order chi connectivity index (χ0) is 18.1. The lowest BCUT2D eigenvalue weighted by atomic mass is 9.91. The molecule has 2 atom stereocenters. The molecule has 25 heavy (non-hydrogen) atoms. The summed E-state index contributed by atoms with van der Waals surface area (Å²) in [5, 5.41) is 7.40. The van der Waals surface area contributed by atoms with Gasteiger partial charge in [0.25, 0.3) is 0 Å². The average molecular weight is 344 g/mol. The number of aromatic nitrogens is 2. The minimum absolute atomic E-state index is 0.00188. The van der Waals surface area contributed by atoms with E-state index in [1.807, 2.05) is 40.0 Å². The van der Waals surface area contributed by atoms with E-state index in [2.05, 4.69) is 22.2 Å². The largest absolute Gasteiger partial charge is 0.465 e. The molecule has 0 saturated carbocycles. The van der Waals surface area contributed by atoms with Crippen molar-refractivity contribution in [2.75, 3.05) is 18.4 Å². The zero-order valence-corrected chi connectivity index (χ0v) is 15.8. The van der Waals surface area contributed by atoms with Gasteiger partial charge in [0.05, 0.1) is 29.7 Å². The van der Waals surface area contributed by atoms with Gasteiger partial charge in [-0.3, -0.25) is 14.4 Å². The molecule has 2 aromatic rings. The first-order valence-corrected chi connectivity index (χ1v) is 8.95. The van der Waals surface area contributed by atoms with Crippen LogP contribution in [0.5, 0.6) is 0 Å². The molecule has 1 amide bonds. The van der Waals surface area contributed by atoms with E-state index < -0.39 is 0 Å². The van der Waals surface area contributed by atoms with Crippen LogP contribution in [0.15, 0.2) is 16.5 Å². The number of hydrogen-bond donors (Lipinski definition) is 1. The topological polar surface area (TPSA) is 63.3 Å². The smallest absolute Gasteiger partial charge is 0.238 e. The maximum atomic E-state index is 12.6. The van der Waals surface area contributed by atoms with E-state index in [0.717, 1.165) is 48.0 Å². The van der Waals surface area contributed by atoms with Gasteiger partial charge >= 0.3 is 0 Å². The zero-order valence-electron chi connectivity index (χ0n) is 15.8. The summed E-state index contributed by atoms with van der Waals surface area (Å²) in [5.74, 6) is 2.52. The monoisotopic (exact) mass is 344 g/mol. The Kier molecular flexibility index (Phi) is 4.99. The number of aryl methyl sites for hydroxylation is 3. The second-order valence-corrected chi connectivity index (χ2v) is 7.28. The number of rotatable bonds is 4. The van der Waals surface area contributed by atoms with Crippen molar-refractivity contribution in [1.82, 2.24) is 14.7 Å². The molecule has 0 unspecified atom stereocenters. The van der Waals surface area contributed by atoms with Crippen molar-refractivity contribution in [3.63, 3.8) is 0 Å². The highest BCUT2D eigenvalue weighted by Gasteiger charge is 2.31. The van der Waals surface area contributed by atoms with Crippen molar-refractivity contribution in [2.24, 2.45) is 13.0 Å². The van der Waals surface area contributed by atoms with Crippen LogP contribution in [0.2, 0.25) is 0 Å². The molecule has 0 aliphatic carbocycles. The van der Waals surface area contributed by atoms with Crippen molar-refractivity contribution >= 4 is 11.6 Å². The predicted molar refractivity (Wildman–Crippen MR) is 97.5 cm³/mol. The second-order valence-electron chi connectivity index (χ2n) is 7.28. The lowest BCUT2D eigenvalue weighted by Crippen LogP contribution is -2.41. The third kappa shape index (κ3) is 3.79. The van der Waals surface area contributed by atoms with Crippen LogP contribution < -0.4 is 5.32 Å². The highest BCUT2D eigenvalue weighted by molar-refractivity contribution is 5.93. The van der Waals surface area contributed by atoms with E-state index in [1.165, 1.54) is 0 Å². The number of piperidine rings is 1. The number of amides is 1. The van der Waals surface area contributed by atoms with Gasteiger partial charge in [-0.25, -0.2) is 0 Å². The minimum Gasteiger partial charge on any atom is -0.465 e. The summed E-state index contributed by atoms with van der Waals surface area (Å²) in [6.07, 6.45) is 2.12. The molecule has 136 valence electrons. The van der Waals surface area contributed by atoms with Gasteiger partial charge in [0, 0.05) is 7.05 Å². The fourth-order valence-electron chi connectivity index (χ4n) is 3.63. The van der Waals surface area contributed by atoms with E-state index in [1.54, 1.807) is 4.68 Å². The van der Waals surface area contributed by atoms with Crippen LogP contribution in [0, 0.1) is 26.7 Å². The maximum absolute atomic E-state index is 12.6. The van der Waals surface area contributed by atoms with Gasteiger partial charge in [-0.15, -0.1) is 0 Å². The lowest BCUT2D eigenvalue weighted by molar-refractivity contribution is -0.118. The number of carbonyl (C=O) groups excluding carboxylic acids is 1. The van der Waals surface area contributed by atoms with Crippen LogP contribution in [-0.4, -0.2) is 33.7 Å². The van der Waals surface area contributed by atoms with Gasteiger partial charge < -0.3 is 9.73 Å². The molecule has 3 rings (SSSR count). The Bertz CT molecular complexity index is 762. The Morgan fingerprint density at radius 1 is 1.36 bits per heavy atom. The maximum Gasteiger partial charge on any atom is 0.238 e. The molecule has 1 aliphatic heterocycles. The molecule has 1 fully saturated rings. The minimum atomic E-state index is 0.00188. The first-order chi connectivity index (χ1) is 11.8. The third-order valence-electron chi connectivity index (χ3n) is 5.19. The van der Waals surface area contributed by atoms with Gasteiger partial charge in [0.15, 0.2) is 0 Å². The predicted octanol–water partition coefficient (Wildman–Crippen LogP) is 3.35. The molecule has 1 aliphatic rings. The Hall–Kier alpha value is -2.08. The number of likely N-dealkylation sites (tertiary alicyclic amines) is 1. The van der Waals surface area contributed by atoms with Crippen molar-refractivity contribution in [1.29, 1.82) is 0 Å². The second kappa shape index (κ2) is 7.04. The molecule has 3 heterocycles. The number of furan rings is 1. The van der Waals surface area contributed by atoms with E-state index in [4.69, 9.17) is 4.42 Å². The SMILES string of the molecule is Cc1ccc([C@H]2C[C@H](C)CCN2CC(=O)Nc2c(C)nn(C)c2C)o1. The number of hydrogen-bond acceptors (Lipinski definition) is 4. The van der Waals surface area contributed by atoms with E-state index in [-0.39, 0.29) is 11.9 Å². The van der Waals surface area contributed by atoms with Gasteiger partial charge in [-0.05, 0) is 58.2 Å². The van der Waals surface area contributed by atoms with E-state index >= 15 is 0 Å². The molecule has 1 saturated heterocycles. The van der Waals surface area contributed by atoms with E-state index in [0.29, 0.717) is 12.5 Å².